The number of rotatable bonds is 4. The van der Waals surface area contributed by atoms with Gasteiger partial charge in [0.15, 0.2) is 0 Å². The molecule has 0 saturated carbocycles. The van der Waals surface area contributed by atoms with E-state index in [-0.39, 0.29) is 13.2 Å². The van der Waals surface area contributed by atoms with E-state index < -0.39 is 31.0 Å². The zero-order valence-corrected chi connectivity index (χ0v) is 17.8. The van der Waals surface area contributed by atoms with Gasteiger partial charge in [0.05, 0.1) is 19.3 Å². The average molecular weight is 433 g/mol. The summed E-state index contributed by atoms with van der Waals surface area (Å²) in [4.78, 5) is 6.08. The van der Waals surface area contributed by atoms with Gasteiger partial charge in [-0.05, 0) is 49.1 Å². The van der Waals surface area contributed by atoms with E-state index >= 15 is 0 Å². The molecule has 31 heavy (non-hydrogen) atoms. The molecule has 1 aromatic carbocycles. The van der Waals surface area contributed by atoms with Gasteiger partial charge in [-0.15, -0.1) is 0 Å². The van der Waals surface area contributed by atoms with Crippen molar-refractivity contribution in [3.63, 3.8) is 0 Å². The fourth-order valence-electron chi connectivity index (χ4n) is 3.62. The summed E-state index contributed by atoms with van der Waals surface area (Å²) in [7, 11) is 0. The van der Waals surface area contributed by atoms with Gasteiger partial charge in [0.1, 0.15) is 24.1 Å². The van der Waals surface area contributed by atoms with Gasteiger partial charge in [0.25, 0.3) is 0 Å². The molecule has 2 heterocycles. The number of pyridine rings is 1. The Hall–Kier alpha value is -2.23. The van der Waals surface area contributed by atoms with Crippen LogP contribution in [0.25, 0.3) is 0 Å². The topological polar surface area (TPSA) is 116 Å². The minimum Gasteiger partial charge on any atom is -0.494 e. The fourth-order valence-corrected chi connectivity index (χ4v) is 3.62. The molecule has 0 fully saturated rings. The predicted molar refractivity (Wildman–Crippen MR) is 116 cm³/mol. The monoisotopic (exact) mass is 432 g/mol. The van der Waals surface area contributed by atoms with Crippen molar-refractivity contribution in [2.24, 2.45) is 0 Å². The van der Waals surface area contributed by atoms with E-state index in [9.17, 15) is 20.4 Å². The SMILES string of the molecule is Cc1cnccc1CN1C[C@@H](O)[C@@H](O)[C@@H]([C@H](O)CO)OCCCCOc2cccc1c2. The molecule has 4 N–H and O–H groups in total. The summed E-state index contributed by atoms with van der Waals surface area (Å²) in [5.41, 5.74) is 2.88. The van der Waals surface area contributed by atoms with Crippen LogP contribution in [0.3, 0.4) is 0 Å². The number of anilines is 1. The van der Waals surface area contributed by atoms with Gasteiger partial charge in [0, 0.05) is 43.8 Å². The molecular formula is C23H32N2O6. The summed E-state index contributed by atoms with van der Waals surface area (Å²) in [5.74, 6) is 0.732. The van der Waals surface area contributed by atoms with E-state index in [2.05, 4.69) is 4.98 Å². The summed E-state index contributed by atoms with van der Waals surface area (Å²) in [6, 6.07) is 9.54. The summed E-state index contributed by atoms with van der Waals surface area (Å²) < 4.78 is 11.5. The standard InChI is InChI=1S/C23H32N2O6/c1-16-12-24-8-7-17(16)13-25-14-20(27)22(29)23(21(28)15-26)31-10-3-2-9-30-19-6-4-5-18(25)11-19/h4-8,11-12,20-23,26-29H,2-3,9-10,13-15H2,1H3/t20-,21-,22-,23-/m1/s1. The molecule has 0 aliphatic carbocycles. The highest BCUT2D eigenvalue weighted by Gasteiger charge is 2.34. The molecule has 4 atom stereocenters. The Morgan fingerprint density at radius 2 is 2.00 bits per heavy atom. The number of β-amino-alcohol motifs (C(OH)–C–C–N with tert-alkyl or cyclic N) is 1. The van der Waals surface area contributed by atoms with Crippen LogP contribution in [0.1, 0.15) is 24.0 Å². The molecule has 1 aliphatic rings. The van der Waals surface area contributed by atoms with Crippen LogP contribution in [0.5, 0.6) is 5.75 Å². The third-order valence-corrected chi connectivity index (χ3v) is 5.50. The lowest BCUT2D eigenvalue weighted by Crippen LogP contribution is -2.51. The van der Waals surface area contributed by atoms with Gasteiger partial charge in [-0.1, -0.05) is 6.07 Å². The predicted octanol–water partition coefficient (Wildman–Crippen LogP) is 1.03. The maximum absolute atomic E-state index is 10.8. The van der Waals surface area contributed by atoms with Gasteiger partial charge in [-0.25, -0.2) is 0 Å². The number of aliphatic hydroxyl groups is 4. The molecule has 8 heteroatoms. The summed E-state index contributed by atoms with van der Waals surface area (Å²) in [5, 5.41) is 41.1. The summed E-state index contributed by atoms with van der Waals surface area (Å²) >= 11 is 0. The molecular weight excluding hydrogens is 400 g/mol. The largest absolute Gasteiger partial charge is 0.494 e. The number of fused-ring (bicyclic) bond motifs is 2. The highest BCUT2D eigenvalue weighted by Crippen LogP contribution is 2.25. The number of nitrogens with zero attached hydrogens (tertiary/aromatic N) is 2. The van der Waals surface area contributed by atoms with E-state index in [1.54, 1.807) is 12.4 Å². The second-order valence-corrected chi connectivity index (χ2v) is 7.88. The van der Waals surface area contributed by atoms with Crippen molar-refractivity contribution in [3.05, 3.63) is 53.9 Å². The summed E-state index contributed by atoms with van der Waals surface area (Å²) in [6.45, 7) is 2.75. The van der Waals surface area contributed by atoms with Crippen molar-refractivity contribution in [1.82, 2.24) is 4.98 Å². The van der Waals surface area contributed by atoms with Crippen LogP contribution in [0.15, 0.2) is 42.7 Å². The van der Waals surface area contributed by atoms with Gasteiger partial charge < -0.3 is 34.8 Å². The van der Waals surface area contributed by atoms with Crippen LogP contribution < -0.4 is 9.64 Å². The Kier molecular flexibility index (Phi) is 8.62. The van der Waals surface area contributed by atoms with Crippen LogP contribution in [-0.2, 0) is 11.3 Å². The van der Waals surface area contributed by atoms with E-state index in [1.165, 1.54) is 0 Å². The number of hydrogen-bond donors (Lipinski definition) is 4. The normalized spacial score (nSPS) is 24.2. The van der Waals surface area contributed by atoms with E-state index in [0.717, 1.165) is 29.0 Å². The minimum absolute atomic E-state index is 0.0877. The number of aliphatic hydroxyl groups excluding tert-OH is 4. The van der Waals surface area contributed by atoms with Crippen molar-refractivity contribution < 1.29 is 29.9 Å². The zero-order chi connectivity index (χ0) is 22.2. The lowest BCUT2D eigenvalue weighted by molar-refractivity contribution is -0.141. The number of aromatic nitrogens is 1. The lowest BCUT2D eigenvalue weighted by atomic mass is 10.0. The number of hydrogen-bond acceptors (Lipinski definition) is 8. The first-order chi connectivity index (χ1) is 15.0. The Labute approximate surface area is 182 Å². The third kappa shape index (κ3) is 6.38. The van der Waals surface area contributed by atoms with Crippen molar-refractivity contribution in [2.75, 3.05) is 31.3 Å². The Balaban J connectivity index is 1.91. The van der Waals surface area contributed by atoms with Crippen LogP contribution in [0, 0.1) is 6.92 Å². The molecule has 2 aromatic rings. The maximum Gasteiger partial charge on any atom is 0.121 e. The molecule has 0 radical (unpaired) electrons. The molecule has 3 rings (SSSR count). The number of aryl methyl sites for hydroxylation is 1. The second-order valence-electron chi connectivity index (χ2n) is 7.88. The molecule has 0 saturated heterocycles. The molecule has 8 nitrogen and oxygen atoms in total. The van der Waals surface area contributed by atoms with Crippen molar-refractivity contribution in [2.45, 2.75) is 50.7 Å². The number of benzene rings is 1. The van der Waals surface area contributed by atoms with Gasteiger partial charge in [0.2, 0.25) is 0 Å². The van der Waals surface area contributed by atoms with Crippen molar-refractivity contribution in [1.29, 1.82) is 0 Å². The van der Waals surface area contributed by atoms with Crippen LogP contribution >= 0.6 is 0 Å². The van der Waals surface area contributed by atoms with Gasteiger partial charge in [-0.2, -0.15) is 0 Å². The highest BCUT2D eigenvalue weighted by atomic mass is 16.5. The van der Waals surface area contributed by atoms with E-state index in [4.69, 9.17) is 9.47 Å². The molecule has 0 spiro atoms. The Morgan fingerprint density at radius 3 is 2.77 bits per heavy atom. The lowest BCUT2D eigenvalue weighted by Gasteiger charge is -2.34. The maximum atomic E-state index is 10.8. The number of ether oxygens (including phenoxy) is 2. The van der Waals surface area contributed by atoms with Gasteiger partial charge >= 0.3 is 0 Å². The molecule has 0 amide bonds. The third-order valence-electron chi connectivity index (χ3n) is 5.50. The first-order valence-electron chi connectivity index (χ1n) is 10.6. The molecule has 1 aliphatic heterocycles. The average Bonchev–Trinajstić information content (AvgIpc) is 2.78. The van der Waals surface area contributed by atoms with Crippen LogP contribution in [0.2, 0.25) is 0 Å². The fraction of sp³-hybridized carbons (Fsp3) is 0.522. The van der Waals surface area contributed by atoms with Crippen molar-refractivity contribution >= 4 is 5.69 Å². The molecule has 1 aromatic heterocycles. The molecule has 0 unspecified atom stereocenters. The minimum atomic E-state index is -1.37. The first-order valence-corrected chi connectivity index (χ1v) is 10.6. The smallest absolute Gasteiger partial charge is 0.121 e. The summed E-state index contributed by atoms with van der Waals surface area (Å²) in [6.07, 6.45) is -0.0981. The second kappa shape index (κ2) is 11.4. The highest BCUT2D eigenvalue weighted by molar-refractivity contribution is 5.51. The Morgan fingerprint density at radius 1 is 1.19 bits per heavy atom. The zero-order valence-electron chi connectivity index (χ0n) is 17.8. The Bertz CT molecular complexity index is 820. The molecule has 2 bridgehead atoms. The van der Waals surface area contributed by atoms with Crippen LogP contribution in [0.4, 0.5) is 5.69 Å². The van der Waals surface area contributed by atoms with E-state index in [1.807, 2.05) is 42.2 Å². The van der Waals surface area contributed by atoms with Crippen molar-refractivity contribution in [3.8, 4) is 5.75 Å². The first kappa shape index (κ1) is 23.4. The quantitative estimate of drug-likeness (QED) is 0.566. The van der Waals surface area contributed by atoms with Gasteiger partial charge in [-0.3, -0.25) is 4.98 Å². The van der Waals surface area contributed by atoms with E-state index in [0.29, 0.717) is 19.6 Å². The van der Waals surface area contributed by atoms with Crippen LogP contribution in [-0.4, -0.2) is 76.2 Å². The molecule has 170 valence electrons.